The van der Waals surface area contributed by atoms with Crippen molar-refractivity contribution < 1.29 is 19.0 Å². The highest BCUT2D eigenvalue weighted by atomic mass is 35.5. The number of benzene rings is 1. The van der Waals surface area contributed by atoms with Crippen molar-refractivity contribution in [2.24, 2.45) is 0 Å². The van der Waals surface area contributed by atoms with Gasteiger partial charge in [-0.1, -0.05) is 11.6 Å². The van der Waals surface area contributed by atoms with E-state index in [9.17, 15) is 4.79 Å². The molecular weight excluding hydrogens is 306 g/mol. The van der Waals surface area contributed by atoms with Gasteiger partial charge in [-0.2, -0.15) is 0 Å². The predicted octanol–water partition coefficient (Wildman–Crippen LogP) is 3.51. The second kappa shape index (κ2) is 8.36. The van der Waals surface area contributed by atoms with Crippen molar-refractivity contribution in [1.82, 2.24) is 0 Å². The number of carbonyl (C=O) groups excluding carboxylic acids is 1. The number of carbonyl (C=O) groups is 1. The van der Waals surface area contributed by atoms with Gasteiger partial charge in [0.25, 0.3) is 5.91 Å². The van der Waals surface area contributed by atoms with Gasteiger partial charge in [-0.25, -0.2) is 0 Å². The van der Waals surface area contributed by atoms with Crippen LogP contribution in [0.3, 0.4) is 0 Å². The summed E-state index contributed by atoms with van der Waals surface area (Å²) in [5.74, 6) is 0.320. The lowest BCUT2D eigenvalue weighted by Gasteiger charge is -2.23. The Morgan fingerprint density at radius 1 is 1.41 bits per heavy atom. The summed E-state index contributed by atoms with van der Waals surface area (Å²) in [7, 11) is 1.61. The Kier molecular flexibility index (Phi) is 7.13. The molecule has 1 N–H and O–H groups in total. The van der Waals surface area contributed by atoms with Crippen molar-refractivity contribution in [3.05, 3.63) is 23.2 Å². The van der Waals surface area contributed by atoms with Gasteiger partial charge in [0, 0.05) is 19.4 Å². The first-order valence-electron chi connectivity index (χ1n) is 7.20. The molecule has 0 unspecified atom stereocenters. The zero-order valence-corrected chi connectivity index (χ0v) is 14.5. The van der Waals surface area contributed by atoms with E-state index in [2.05, 4.69) is 5.32 Å². The standard InChI is InChI=1S/C16H24ClNO4/c1-6-21-16(3,4)15(19)18-12-7-8-14(13(17)9-12)22-11(2)10-20-5/h7-9,11H,6,10H2,1-5H3,(H,18,19)/t11-/m0/s1. The average molecular weight is 330 g/mol. The summed E-state index contributed by atoms with van der Waals surface area (Å²) in [6.45, 7) is 8.11. The molecule has 124 valence electrons. The molecule has 22 heavy (non-hydrogen) atoms. The Morgan fingerprint density at radius 3 is 2.64 bits per heavy atom. The van der Waals surface area contributed by atoms with Crippen LogP contribution in [0.1, 0.15) is 27.7 Å². The van der Waals surface area contributed by atoms with Crippen molar-refractivity contribution in [1.29, 1.82) is 0 Å². The Balaban J connectivity index is 2.75. The number of hydrogen-bond acceptors (Lipinski definition) is 4. The van der Waals surface area contributed by atoms with Crippen LogP contribution in [0.4, 0.5) is 5.69 Å². The molecule has 1 aromatic rings. The first-order valence-corrected chi connectivity index (χ1v) is 7.58. The van der Waals surface area contributed by atoms with E-state index < -0.39 is 5.60 Å². The lowest BCUT2D eigenvalue weighted by Crippen LogP contribution is -2.39. The number of methoxy groups -OCH3 is 1. The number of hydrogen-bond donors (Lipinski definition) is 1. The molecule has 0 bridgehead atoms. The molecule has 0 saturated heterocycles. The Morgan fingerprint density at radius 2 is 2.09 bits per heavy atom. The lowest BCUT2D eigenvalue weighted by molar-refractivity contribution is -0.136. The lowest BCUT2D eigenvalue weighted by atomic mass is 10.1. The minimum atomic E-state index is -0.899. The van der Waals surface area contributed by atoms with Gasteiger partial charge < -0.3 is 19.5 Å². The van der Waals surface area contributed by atoms with E-state index in [1.165, 1.54) is 0 Å². The van der Waals surface area contributed by atoms with E-state index in [0.29, 0.717) is 29.7 Å². The summed E-state index contributed by atoms with van der Waals surface area (Å²) in [5.41, 5.74) is -0.307. The van der Waals surface area contributed by atoms with Crippen molar-refractivity contribution in [3.63, 3.8) is 0 Å². The van der Waals surface area contributed by atoms with E-state index >= 15 is 0 Å². The highest BCUT2D eigenvalue weighted by Gasteiger charge is 2.28. The van der Waals surface area contributed by atoms with Gasteiger partial charge in [-0.3, -0.25) is 4.79 Å². The van der Waals surface area contributed by atoms with Crippen molar-refractivity contribution >= 4 is 23.2 Å². The molecule has 0 aliphatic heterocycles. The van der Waals surface area contributed by atoms with Crippen molar-refractivity contribution in [2.45, 2.75) is 39.4 Å². The van der Waals surface area contributed by atoms with Crippen molar-refractivity contribution in [2.75, 3.05) is 25.6 Å². The quantitative estimate of drug-likeness (QED) is 0.793. The van der Waals surface area contributed by atoms with Gasteiger partial charge in [0.05, 0.1) is 11.6 Å². The maximum absolute atomic E-state index is 12.2. The first kappa shape index (κ1) is 18.7. The van der Waals surface area contributed by atoms with Crippen LogP contribution < -0.4 is 10.1 Å². The number of ether oxygens (including phenoxy) is 3. The topological polar surface area (TPSA) is 56.8 Å². The minimum absolute atomic E-state index is 0.111. The van der Waals surface area contributed by atoms with E-state index in [-0.39, 0.29) is 12.0 Å². The molecule has 1 atom stereocenters. The fraction of sp³-hybridized carbons (Fsp3) is 0.562. The molecule has 0 spiro atoms. The smallest absolute Gasteiger partial charge is 0.256 e. The monoisotopic (exact) mass is 329 g/mol. The third-order valence-electron chi connectivity index (χ3n) is 2.97. The van der Waals surface area contributed by atoms with Crippen LogP contribution in [-0.4, -0.2) is 37.9 Å². The molecule has 0 aliphatic carbocycles. The Bertz CT molecular complexity index is 505. The summed E-state index contributed by atoms with van der Waals surface area (Å²) in [6, 6.07) is 5.11. The summed E-state index contributed by atoms with van der Waals surface area (Å²) in [4.78, 5) is 12.2. The zero-order valence-electron chi connectivity index (χ0n) is 13.7. The third kappa shape index (κ3) is 5.48. The van der Waals surface area contributed by atoms with E-state index in [4.69, 9.17) is 25.8 Å². The molecule has 1 aromatic carbocycles. The van der Waals surface area contributed by atoms with Crippen LogP contribution in [0.15, 0.2) is 18.2 Å². The Labute approximate surface area is 136 Å². The Hall–Kier alpha value is -1.30. The molecule has 5 nitrogen and oxygen atoms in total. The van der Waals surface area contributed by atoms with Gasteiger partial charge in [0.1, 0.15) is 17.5 Å². The van der Waals surface area contributed by atoms with Gasteiger partial charge >= 0.3 is 0 Å². The van der Waals surface area contributed by atoms with Gasteiger partial charge in [0.2, 0.25) is 0 Å². The second-order valence-electron chi connectivity index (χ2n) is 5.43. The van der Waals surface area contributed by atoms with Crippen LogP contribution in [0.2, 0.25) is 5.02 Å². The average Bonchev–Trinajstić information content (AvgIpc) is 2.42. The van der Waals surface area contributed by atoms with Crippen LogP contribution in [0, 0.1) is 0 Å². The highest BCUT2D eigenvalue weighted by Crippen LogP contribution is 2.29. The number of anilines is 1. The molecule has 0 saturated carbocycles. The van der Waals surface area contributed by atoms with Gasteiger partial charge in [-0.15, -0.1) is 0 Å². The maximum atomic E-state index is 12.2. The first-order chi connectivity index (χ1) is 10.3. The molecule has 0 heterocycles. The number of halogens is 1. The van der Waals surface area contributed by atoms with E-state index in [1.54, 1.807) is 39.2 Å². The van der Waals surface area contributed by atoms with Gasteiger partial charge in [-0.05, 0) is 45.9 Å². The van der Waals surface area contributed by atoms with E-state index in [0.717, 1.165) is 0 Å². The molecule has 0 aliphatic rings. The molecule has 6 heteroatoms. The number of nitrogens with one attached hydrogen (secondary N) is 1. The van der Waals surface area contributed by atoms with Crippen LogP contribution in [0.5, 0.6) is 5.75 Å². The fourth-order valence-electron chi connectivity index (χ4n) is 1.87. The maximum Gasteiger partial charge on any atom is 0.256 e. The third-order valence-corrected chi connectivity index (χ3v) is 3.27. The van der Waals surface area contributed by atoms with E-state index in [1.807, 2.05) is 13.8 Å². The van der Waals surface area contributed by atoms with Gasteiger partial charge in [0.15, 0.2) is 0 Å². The molecule has 0 aromatic heterocycles. The zero-order chi connectivity index (χ0) is 16.8. The minimum Gasteiger partial charge on any atom is -0.487 e. The molecular formula is C16H24ClNO4. The molecule has 1 amide bonds. The normalized spacial score (nSPS) is 12.8. The van der Waals surface area contributed by atoms with Crippen LogP contribution >= 0.6 is 11.6 Å². The number of rotatable bonds is 8. The predicted molar refractivity (Wildman–Crippen MR) is 87.8 cm³/mol. The fourth-order valence-corrected chi connectivity index (χ4v) is 2.09. The van der Waals surface area contributed by atoms with Crippen molar-refractivity contribution in [3.8, 4) is 5.75 Å². The summed E-state index contributed by atoms with van der Waals surface area (Å²) in [6.07, 6.45) is -0.111. The summed E-state index contributed by atoms with van der Waals surface area (Å²) < 4.78 is 16.1. The molecule has 0 radical (unpaired) electrons. The summed E-state index contributed by atoms with van der Waals surface area (Å²) in [5, 5.41) is 3.21. The van der Waals surface area contributed by atoms with Crippen LogP contribution in [-0.2, 0) is 14.3 Å². The number of amides is 1. The second-order valence-corrected chi connectivity index (χ2v) is 5.83. The van der Waals surface area contributed by atoms with Crippen LogP contribution in [0.25, 0.3) is 0 Å². The highest BCUT2D eigenvalue weighted by molar-refractivity contribution is 6.32. The largest absolute Gasteiger partial charge is 0.487 e. The molecule has 0 fully saturated rings. The summed E-state index contributed by atoms with van der Waals surface area (Å²) >= 11 is 6.18. The SMILES string of the molecule is CCOC(C)(C)C(=O)Nc1ccc(O[C@@H](C)COC)c(Cl)c1. The molecule has 1 rings (SSSR count).